The van der Waals surface area contributed by atoms with Crippen molar-refractivity contribution in [3.05, 3.63) is 71.5 Å². The molecule has 12 nitrogen and oxygen atoms in total. The van der Waals surface area contributed by atoms with Gasteiger partial charge in [0.1, 0.15) is 11.8 Å². The predicted octanol–water partition coefficient (Wildman–Crippen LogP) is 4.31. The number of nitrogens with one attached hydrogen (secondary N) is 3. The van der Waals surface area contributed by atoms with Crippen molar-refractivity contribution in [3.8, 4) is 5.75 Å². The third kappa shape index (κ3) is 7.34. The van der Waals surface area contributed by atoms with E-state index in [0.717, 1.165) is 32.3 Å². The fourth-order valence-electron chi connectivity index (χ4n) is 6.21. The van der Waals surface area contributed by atoms with Gasteiger partial charge in [-0.1, -0.05) is 45.9 Å². The van der Waals surface area contributed by atoms with Gasteiger partial charge in [0.2, 0.25) is 17.7 Å². The van der Waals surface area contributed by atoms with Crippen LogP contribution in [0, 0.1) is 10.8 Å². The van der Waals surface area contributed by atoms with Gasteiger partial charge in [-0.25, -0.2) is 0 Å². The molecule has 1 unspecified atom stereocenters. The van der Waals surface area contributed by atoms with E-state index < -0.39 is 35.1 Å². The lowest BCUT2D eigenvalue weighted by atomic mass is 9.93. The number of hydrogen-bond acceptors (Lipinski definition) is 8. The van der Waals surface area contributed by atoms with Gasteiger partial charge in [0.05, 0.1) is 30.9 Å². The Kier molecular flexibility index (Phi) is 9.26. The minimum Gasteiger partial charge on any atom is -0.492 e. The number of fused-ring (bicyclic) bond motifs is 4. The molecule has 5 amide bonds. The molecule has 0 aliphatic carbocycles. The van der Waals surface area contributed by atoms with Crippen LogP contribution in [-0.2, 0) is 25.5 Å². The number of aryl methyl sites for hydroxylation is 1. The molecule has 256 valence electrons. The summed E-state index contributed by atoms with van der Waals surface area (Å²) in [5, 5.41) is 7.44. The van der Waals surface area contributed by atoms with Crippen LogP contribution in [0.3, 0.4) is 0 Å². The number of amides is 5. The molecule has 1 atom stereocenters. The summed E-state index contributed by atoms with van der Waals surface area (Å²) in [6.45, 7) is 9.39. The minimum absolute atomic E-state index is 0.0256. The topological polar surface area (TPSA) is 160 Å². The summed E-state index contributed by atoms with van der Waals surface area (Å²) in [6.07, 6.45) is 4.74. The van der Waals surface area contributed by atoms with Crippen molar-refractivity contribution in [2.75, 3.05) is 26.4 Å². The first kappa shape index (κ1) is 33.8. The maximum Gasteiger partial charge on any atom is 0.266 e. The number of aromatic nitrogens is 2. The summed E-state index contributed by atoms with van der Waals surface area (Å²) < 4.78 is 12.2. The highest BCUT2D eigenvalue weighted by atomic mass is 16.5. The average Bonchev–Trinajstić information content (AvgIpc) is 3.55. The van der Waals surface area contributed by atoms with Gasteiger partial charge in [0, 0.05) is 64.4 Å². The van der Waals surface area contributed by atoms with Crippen LogP contribution in [0.15, 0.2) is 54.9 Å². The van der Waals surface area contributed by atoms with E-state index in [-0.39, 0.29) is 47.6 Å². The van der Waals surface area contributed by atoms with Crippen LogP contribution in [0.25, 0.3) is 21.8 Å². The van der Waals surface area contributed by atoms with E-state index in [1.54, 1.807) is 18.3 Å². The van der Waals surface area contributed by atoms with Crippen molar-refractivity contribution >= 4 is 51.3 Å². The van der Waals surface area contributed by atoms with Gasteiger partial charge < -0.3 is 19.8 Å². The van der Waals surface area contributed by atoms with Gasteiger partial charge in [0.15, 0.2) is 0 Å². The smallest absolute Gasteiger partial charge is 0.266 e. The molecule has 0 spiro atoms. The first-order chi connectivity index (χ1) is 23.3. The van der Waals surface area contributed by atoms with Crippen LogP contribution < -0.4 is 15.4 Å². The standard InChI is InChI=1S/C37H41N5O7/c1-36(2,18-39-30(43)12-9-22-8-10-23-25-17-38-15-14-26(25)40-27(23)16-22)19-48-20-37(3,4)21-49-29-7-5-6-24-32(29)35(47)42(34(24)46)28-11-13-31(44)41-33(28)45/h5-8,10,14-17,28,40H,9,11-13,18-21H2,1-4H3,(H,39,43)(H,41,44,45). The molecule has 1 fully saturated rings. The molecule has 2 aromatic heterocycles. The van der Waals surface area contributed by atoms with Gasteiger partial charge in [-0.15, -0.1) is 0 Å². The number of rotatable bonds is 13. The van der Waals surface area contributed by atoms with E-state index in [4.69, 9.17) is 9.47 Å². The number of benzene rings is 2. The zero-order chi connectivity index (χ0) is 34.9. The van der Waals surface area contributed by atoms with E-state index in [2.05, 4.69) is 38.8 Å². The van der Waals surface area contributed by atoms with Crippen molar-refractivity contribution in [1.82, 2.24) is 25.5 Å². The molecular formula is C37H41N5O7. The summed E-state index contributed by atoms with van der Waals surface area (Å²) in [4.78, 5) is 71.8. The van der Waals surface area contributed by atoms with E-state index in [9.17, 15) is 24.0 Å². The van der Waals surface area contributed by atoms with Crippen LogP contribution in [0.4, 0.5) is 0 Å². The summed E-state index contributed by atoms with van der Waals surface area (Å²) in [5.41, 5.74) is 2.64. The zero-order valence-corrected chi connectivity index (χ0v) is 28.2. The average molecular weight is 668 g/mol. The number of carbonyl (C=O) groups is 5. The van der Waals surface area contributed by atoms with E-state index in [0.29, 0.717) is 32.6 Å². The number of piperidine rings is 1. The molecule has 0 saturated carbocycles. The fraction of sp³-hybridized carbons (Fsp3) is 0.405. The lowest BCUT2D eigenvalue weighted by Gasteiger charge is -2.29. The van der Waals surface area contributed by atoms with Gasteiger partial charge in [-0.05, 0) is 42.7 Å². The van der Waals surface area contributed by atoms with Crippen LogP contribution in [-0.4, -0.2) is 76.8 Å². The van der Waals surface area contributed by atoms with Crippen molar-refractivity contribution in [1.29, 1.82) is 0 Å². The number of nitrogens with zero attached hydrogens (tertiary/aromatic N) is 2. The van der Waals surface area contributed by atoms with Gasteiger partial charge in [-0.3, -0.25) is 39.2 Å². The number of pyridine rings is 1. The molecule has 3 N–H and O–H groups in total. The Bertz CT molecular complexity index is 1960. The lowest BCUT2D eigenvalue weighted by molar-refractivity contribution is -0.136. The maximum atomic E-state index is 13.4. The molecule has 4 aromatic rings. The van der Waals surface area contributed by atoms with Crippen LogP contribution in [0.2, 0.25) is 0 Å². The molecule has 2 aromatic carbocycles. The van der Waals surface area contributed by atoms with E-state index in [1.165, 1.54) is 6.07 Å². The highest BCUT2D eigenvalue weighted by Crippen LogP contribution is 2.34. The highest BCUT2D eigenvalue weighted by molar-refractivity contribution is 6.24. The summed E-state index contributed by atoms with van der Waals surface area (Å²) in [5.74, 6) is -2.06. The molecule has 49 heavy (non-hydrogen) atoms. The first-order valence-corrected chi connectivity index (χ1v) is 16.5. The van der Waals surface area contributed by atoms with E-state index in [1.807, 2.05) is 40.0 Å². The number of ether oxygens (including phenoxy) is 2. The van der Waals surface area contributed by atoms with Crippen LogP contribution in [0.1, 0.15) is 73.2 Å². The molecule has 4 heterocycles. The lowest BCUT2D eigenvalue weighted by Crippen LogP contribution is -2.54. The Morgan fingerprint density at radius 3 is 2.55 bits per heavy atom. The predicted molar refractivity (Wildman–Crippen MR) is 182 cm³/mol. The second-order valence-electron chi connectivity index (χ2n) is 14.4. The Morgan fingerprint density at radius 1 is 0.959 bits per heavy atom. The Morgan fingerprint density at radius 2 is 1.76 bits per heavy atom. The molecule has 0 bridgehead atoms. The third-order valence-corrected chi connectivity index (χ3v) is 8.90. The maximum absolute atomic E-state index is 13.4. The second kappa shape index (κ2) is 13.4. The molecule has 1 saturated heterocycles. The molecule has 12 heteroatoms. The fourth-order valence-corrected chi connectivity index (χ4v) is 6.21. The molecule has 2 aliphatic heterocycles. The highest BCUT2D eigenvalue weighted by Gasteiger charge is 2.46. The number of carbonyl (C=O) groups excluding carboxylic acids is 5. The Labute approximate surface area is 283 Å². The summed E-state index contributed by atoms with van der Waals surface area (Å²) in [7, 11) is 0. The van der Waals surface area contributed by atoms with Gasteiger partial charge >= 0.3 is 0 Å². The van der Waals surface area contributed by atoms with Crippen LogP contribution >= 0.6 is 0 Å². The van der Waals surface area contributed by atoms with Crippen molar-refractivity contribution in [3.63, 3.8) is 0 Å². The molecular weight excluding hydrogens is 626 g/mol. The minimum atomic E-state index is -1.05. The Balaban J connectivity index is 0.956. The van der Waals surface area contributed by atoms with Crippen molar-refractivity contribution in [2.45, 2.75) is 59.4 Å². The first-order valence-electron chi connectivity index (χ1n) is 16.5. The molecule has 2 aliphatic rings. The zero-order valence-electron chi connectivity index (χ0n) is 28.2. The monoisotopic (exact) mass is 667 g/mol. The number of H-pyrrole nitrogens is 1. The van der Waals surface area contributed by atoms with Crippen molar-refractivity contribution < 1.29 is 33.4 Å². The second-order valence-corrected chi connectivity index (χ2v) is 14.4. The number of imide groups is 2. The van der Waals surface area contributed by atoms with E-state index >= 15 is 0 Å². The normalized spacial score (nSPS) is 16.7. The molecule has 6 rings (SSSR count). The summed E-state index contributed by atoms with van der Waals surface area (Å²) in [6, 6.07) is 11.9. The quantitative estimate of drug-likeness (QED) is 0.178. The Hall–Kier alpha value is -5.10. The third-order valence-electron chi connectivity index (χ3n) is 8.90. The molecule has 0 radical (unpaired) electrons. The largest absolute Gasteiger partial charge is 0.492 e. The number of hydrogen-bond donors (Lipinski definition) is 3. The van der Waals surface area contributed by atoms with Crippen molar-refractivity contribution in [2.24, 2.45) is 10.8 Å². The van der Waals surface area contributed by atoms with Gasteiger partial charge in [0.25, 0.3) is 11.8 Å². The van der Waals surface area contributed by atoms with Crippen LogP contribution in [0.5, 0.6) is 5.75 Å². The summed E-state index contributed by atoms with van der Waals surface area (Å²) >= 11 is 0. The van der Waals surface area contributed by atoms with Gasteiger partial charge in [-0.2, -0.15) is 0 Å². The number of aromatic amines is 1. The SMILES string of the molecule is CC(C)(CNC(=O)CCc1ccc2c(c1)[nH]c1ccncc12)COCC(C)(C)COc1cccc2c1C(=O)N(C1CCC(=O)NC1=O)C2=O.